The van der Waals surface area contributed by atoms with Gasteiger partial charge in [-0.15, -0.1) is 0 Å². The predicted molar refractivity (Wildman–Crippen MR) is 190 cm³/mol. The maximum Gasteiger partial charge on any atom is 0.306 e. The quantitative estimate of drug-likeness (QED) is 0.0509. The molecule has 0 saturated carbocycles. The third-order valence-electron chi connectivity index (χ3n) is 7.63. The second-order valence-corrected chi connectivity index (χ2v) is 13.2. The number of carbonyl (C=O) groups is 3. The van der Waals surface area contributed by atoms with Crippen molar-refractivity contribution in [1.82, 2.24) is 5.32 Å². The molecule has 1 amide bonds. The maximum atomic E-state index is 12.6. The van der Waals surface area contributed by atoms with Gasteiger partial charge in [-0.1, -0.05) is 117 Å². The standard InChI is InChI=1S/C36H69N2O7S/c1-3-5-7-9-11-13-15-17-19-21-35(40)44-31-33(45-36(41)22-20-18-16-14-12-10-8-6-4-2)32-46-30-23-34(39)38-25-27-43-29-28-42-26-24-37/h24,33H,3-23,25-32,37H2,1-2H3,(H,38,39). The first-order valence-corrected chi connectivity index (χ1v) is 19.6. The molecule has 0 bridgehead atoms. The molecule has 0 saturated heterocycles. The summed E-state index contributed by atoms with van der Waals surface area (Å²) in [6.07, 6.45) is 22.0. The number of nitrogens with two attached hydrogens (primary N) is 1. The largest absolute Gasteiger partial charge is 0.462 e. The molecule has 3 N–H and O–H groups in total. The zero-order valence-corrected chi connectivity index (χ0v) is 30.3. The van der Waals surface area contributed by atoms with Gasteiger partial charge in [-0.05, 0) is 12.8 Å². The van der Waals surface area contributed by atoms with Crippen LogP contribution in [0.4, 0.5) is 0 Å². The topological polar surface area (TPSA) is 126 Å². The Morgan fingerprint density at radius 2 is 1.20 bits per heavy atom. The monoisotopic (exact) mass is 673 g/mol. The molecule has 0 aromatic heterocycles. The Labute approximate surface area is 285 Å². The summed E-state index contributed by atoms with van der Waals surface area (Å²) in [7, 11) is 0. The van der Waals surface area contributed by atoms with Crippen molar-refractivity contribution in [2.24, 2.45) is 5.73 Å². The fourth-order valence-electron chi connectivity index (χ4n) is 4.88. The Bertz CT molecular complexity index is 699. The van der Waals surface area contributed by atoms with Gasteiger partial charge in [0.15, 0.2) is 0 Å². The van der Waals surface area contributed by atoms with Gasteiger partial charge in [-0.2, -0.15) is 11.8 Å². The van der Waals surface area contributed by atoms with Gasteiger partial charge < -0.3 is 30.0 Å². The van der Waals surface area contributed by atoms with E-state index in [9.17, 15) is 14.4 Å². The summed E-state index contributed by atoms with van der Waals surface area (Å²) < 4.78 is 21.8. The van der Waals surface area contributed by atoms with E-state index in [0.29, 0.717) is 63.7 Å². The van der Waals surface area contributed by atoms with Crippen LogP contribution in [0.5, 0.6) is 0 Å². The molecule has 1 radical (unpaired) electrons. The van der Waals surface area contributed by atoms with Gasteiger partial charge >= 0.3 is 11.9 Å². The van der Waals surface area contributed by atoms with Gasteiger partial charge in [0.1, 0.15) is 12.7 Å². The molecular formula is C36H69N2O7S. The first-order valence-electron chi connectivity index (χ1n) is 18.4. The van der Waals surface area contributed by atoms with E-state index in [4.69, 9.17) is 24.7 Å². The van der Waals surface area contributed by atoms with E-state index in [1.807, 2.05) is 0 Å². The molecule has 0 rings (SSSR count). The van der Waals surface area contributed by atoms with E-state index in [-0.39, 0.29) is 24.5 Å². The first-order chi connectivity index (χ1) is 22.5. The lowest BCUT2D eigenvalue weighted by molar-refractivity contribution is -0.157. The molecule has 0 aliphatic carbocycles. The van der Waals surface area contributed by atoms with Crippen molar-refractivity contribution >= 4 is 29.6 Å². The predicted octanol–water partition coefficient (Wildman–Crippen LogP) is 7.68. The number of rotatable bonds is 36. The van der Waals surface area contributed by atoms with E-state index in [1.165, 1.54) is 95.4 Å². The smallest absolute Gasteiger partial charge is 0.306 e. The molecule has 0 aliphatic heterocycles. The molecule has 0 spiro atoms. The van der Waals surface area contributed by atoms with Crippen LogP contribution in [0.1, 0.15) is 149 Å². The lowest BCUT2D eigenvalue weighted by atomic mass is 10.1. The molecular weight excluding hydrogens is 604 g/mol. The van der Waals surface area contributed by atoms with Gasteiger partial charge in [0.05, 0.1) is 26.4 Å². The molecule has 1 atom stereocenters. The summed E-state index contributed by atoms with van der Waals surface area (Å²) in [6, 6.07) is 0. The molecule has 9 nitrogen and oxygen atoms in total. The van der Waals surface area contributed by atoms with Crippen LogP contribution in [0.25, 0.3) is 0 Å². The Balaban J connectivity index is 4.31. The summed E-state index contributed by atoms with van der Waals surface area (Å²) in [5, 5.41) is 2.84. The summed E-state index contributed by atoms with van der Waals surface area (Å²) in [5.41, 5.74) is 5.24. The lowest BCUT2D eigenvalue weighted by Gasteiger charge is -2.18. The van der Waals surface area contributed by atoms with Crippen LogP contribution in [0, 0.1) is 6.54 Å². The Morgan fingerprint density at radius 3 is 1.76 bits per heavy atom. The minimum absolute atomic E-state index is 0.0589. The summed E-state index contributed by atoms with van der Waals surface area (Å²) in [5.74, 6) is 0.517. The average molecular weight is 674 g/mol. The van der Waals surface area contributed by atoms with Crippen molar-refractivity contribution in [3.63, 3.8) is 0 Å². The third-order valence-corrected chi connectivity index (χ3v) is 8.73. The van der Waals surface area contributed by atoms with Crippen LogP contribution in [-0.4, -0.2) is 75.0 Å². The number of esters is 2. The molecule has 271 valence electrons. The lowest BCUT2D eigenvalue weighted by Crippen LogP contribution is -2.29. The second kappa shape index (κ2) is 36.5. The van der Waals surface area contributed by atoms with Gasteiger partial charge in [0.25, 0.3) is 0 Å². The number of thioether (sulfide) groups is 1. The maximum absolute atomic E-state index is 12.6. The fraction of sp³-hybridized carbons (Fsp3) is 0.889. The third kappa shape index (κ3) is 34.0. The highest BCUT2D eigenvalue weighted by atomic mass is 32.2. The highest BCUT2D eigenvalue weighted by Crippen LogP contribution is 2.14. The zero-order chi connectivity index (χ0) is 33.8. The van der Waals surface area contributed by atoms with Crippen molar-refractivity contribution in [3.05, 3.63) is 6.54 Å². The molecule has 0 aromatic carbocycles. The molecule has 46 heavy (non-hydrogen) atoms. The number of nitrogens with one attached hydrogen (secondary N) is 1. The van der Waals surface area contributed by atoms with Crippen molar-refractivity contribution < 1.29 is 33.3 Å². The SMILES string of the molecule is CCCCCCCCCCCC(=O)OCC(CSCCC(=O)NCCOCCOC[CH]N)OC(=O)CCCCCCCCCCC. The summed E-state index contributed by atoms with van der Waals surface area (Å²) >= 11 is 1.52. The summed E-state index contributed by atoms with van der Waals surface area (Å²) in [4.78, 5) is 37.1. The number of amides is 1. The minimum Gasteiger partial charge on any atom is -0.462 e. The molecule has 0 fully saturated rings. The number of hydrogen-bond donors (Lipinski definition) is 2. The highest BCUT2D eigenvalue weighted by molar-refractivity contribution is 7.99. The van der Waals surface area contributed by atoms with E-state index in [0.717, 1.165) is 38.5 Å². The fourth-order valence-corrected chi connectivity index (χ4v) is 5.80. The zero-order valence-electron chi connectivity index (χ0n) is 29.5. The number of hydrogen-bond acceptors (Lipinski definition) is 9. The van der Waals surface area contributed by atoms with Gasteiger partial charge in [0.2, 0.25) is 5.91 Å². The highest BCUT2D eigenvalue weighted by Gasteiger charge is 2.17. The van der Waals surface area contributed by atoms with Gasteiger partial charge in [-0.3, -0.25) is 14.4 Å². The van der Waals surface area contributed by atoms with E-state index in [2.05, 4.69) is 19.2 Å². The number of ether oxygens (including phenoxy) is 4. The van der Waals surface area contributed by atoms with Crippen molar-refractivity contribution in [3.8, 4) is 0 Å². The van der Waals surface area contributed by atoms with Gasteiger partial charge in [-0.25, -0.2) is 0 Å². The Hall–Kier alpha value is -1.36. The van der Waals surface area contributed by atoms with Crippen LogP contribution in [0.15, 0.2) is 0 Å². The van der Waals surface area contributed by atoms with Crippen LogP contribution in [0.2, 0.25) is 0 Å². The minimum atomic E-state index is -0.515. The molecule has 0 heterocycles. The molecule has 0 aliphatic rings. The van der Waals surface area contributed by atoms with Crippen molar-refractivity contribution in [2.45, 2.75) is 155 Å². The van der Waals surface area contributed by atoms with E-state index in [1.54, 1.807) is 0 Å². The van der Waals surface area contributed by atoms with E-state index < -0.39 is 6.10 Å². The molecule has 0 aromatic rings. The second-order valence-electron chi connectivity index (χ2n) is 12.0. The molecule has 10 heteroatoms. The average Bonchev–Trinajstić information content (AvgIpc) is 3.05. The van der Waals surface area contributed by atoms with E-state index >= 15 is 0 Å². The first kappa shape index (κ1) is 44.6. The Kier molecular flexibility index (Phi) is 35.4. The van der Waals surface area contributed by atoms with Crippen LogP contribution < -0.4 is 11.1 Å². The normalized spacial score (nSPS) is 11.8. The molecule has 1 unspecified atom stereocenters. The summed E-state index contributed by atoms with van der Waals surface area (Å²) in [6.45, 7) is 8.09. The van der Waals surface area contributed by atoms with Crippen LogP contribution >= 0.6 is 11.8 Å². The van der Waals surface area contributed by atoms with Crippen LogP contribution in [0.3, 0.4) is 0 Å². The van der Waals surface area contributed by atoms with Gasteiger partial charge in [0, 0.05) is 43.9 Å². The Morgan fingerprint density at radius 1 is 0.674 bits per heavy atom. The van der Waals surface area contributed by atoms with Crippen LogP contribution in [-0.2, 0) is 33.3 Å². The van der Waals surface area contributed by atoms with Crippen molar-refractivity contribution in [2.75, 3.05) is 51.1 Å². The number of carbonyl (C=O) groups excluding carboxylic acids is 3. The van der Waals surface area contributed by atoms with Crippen molar-refractivity contribution in [1.29, 1.82) is 0 Å². The number of unbranched alkanes of at least 4 members (excludes halogenated alkanes) is 16.